The maximum absolute atomic E-state index is 5.62. The third kappa shape index (κ3) is 5.34. The van der Waals surface area contributed by atoms with Crippen LogP contribution in [0.15, 0.2) is 10.1 Å². The van der Waals surface area contributed by atoms with Crippen LogP contribution in [0.4, 0.5) is 0 Å². The predicted octanol–water partition coefficient (Wildman–Crippen LogP) is 5.05. The van der Waals surface area contributed by atoms with Crippen molar-refractivity contribution in [3.05, 3.63) is 0 Å². The average molecular weight is 355 g/mol. The van der Waals surface area contributed by atoms with Crippen LogP contribution >= 0.6 is 28.8 Å². The van der Waals surface area contributed by atoms with E-state index in [9.17, 15) is 0 Å². The van der Waals surface area contributed by atoms with Gasteiger partial charge in [-0.2, -0.15) is 0 Å². The van der Waals surface area contributed by atoms with E-state index in [1.807, 2.05) is 13.8 Å². The number of hydrogen-bond donors (Lipinski definition) is 0. The fourth-order valence-corrected chi connectivity index (χ4v) is 6.70. The van der Waals surface area contributed by atoms with Gasteiger partial charge in [0.15, 0.2) is 5.04 Å². The molecule has 1 rings (SSSR count). The summed E-state index contributed by atoms with van der Waals surface area (Å²) >= 11 is 8.69. The second-order valence-electron chi connectivity index (χ2n) is 4.50. The lowest BCUT2D eigenvalue weighted by Crippen LogP contribution is -2.11. The molecule has 0 aromatic rings. The van der Waals surface area contributed by atoms with Crippen LogP contribution in [0.5, 0.6) is 0 Å². The smallest absolute Gasteiger partial charge is 0.321 e. The molecule has 4 nitrogen and oxygen atoms in total. The van der Waals surface area contributed by atoms with Gasteiger partial charge in [0.1, 0.15) is 4.87 Å². The molecule has 1 aliphatic rings. The number of hydrogen-bond acceptors (Lipinski definition) is 7. The van der Waals surface area contributed by atoms with Crippen LogP contribution in [0.25, 0.3) is 0 Å². The molecule has 116 valence electrons. The van der Waals surface area contributed by atoms with Crippen molar-refractivity contribution in [1.82, 2.24) is 0 Å². The lowest BCUT2D eigenvalue weighted by molar-refractivity contribution is 0.281. The highest BCUT2D eigenvalue weighted by atomic mass is 32.9. The van der Waals surface area contributed by atoms with Crippen LogP contribution in [-0.4, -0.2) is 28.0 Å². The Morgan fingerprint density at radius 3 is 2.65 bits per heavy atom. The van der Waals surface area contributed by atoms with E-state index in [-0.39, 0.29) is 4.87 Å². The van der Waals surface area contributed by atoms with Crippen molar-refractivity contribution in [1.29, 1.82) is 0 Å². The summed E-state index contributed by atoms with van der Waals surface area (Å²) in [6.45, 7) is 10.8. The number of aliphatic imine (C=N–C) groups is 1. The summed E-state index contributed by atoms with van der Waals surface area (Å²) in [6, 6.07) is 0. The Labute approximate surface area is 135 Å². The first-order valence-corrected chi connectivity index (χ1v) is 11.8. The zero-order valence-electron chi connectivity index (χ0n) is 12.7. The van der Waals surface area contributed by atoms with E-state index in [0.29, 0.717) is 6.61 Å². The van der Waals surface area contributed by atoms with Gasteiger partial charge in [0, 0.05) is 5.75 Å². The van der Waals surface area contributed by atoms with Gasteiger partial charge in [-0.25, -0.2) is 0 Å². The van der Waals surface area contributed by atoms with Gasteiger partial charge in [0.2, 0.25) is 0 Å². The second kappa shape index (κ2) is 8.18. The number of nitrogens with zero attached hydrogens (tertiary/aromatic N) is 2. The SMILES string of the molecule is CCCSP(=S)(OCC)ON=C1SC(C)(CC)N=C1C. The van der Waals surface area contributed by atoms with Crippen LogP contribution < -0.4 is 0 Å². The standard InChI is InChI=1S/C12H23N2O2PS3/c1-6-9-19-17(18,15-8-3)16-14-11-10(4)13-12(5,7-2)20-11/h6-9H2,1-5H3. The fourth-order valence-electron chi connectivity index (χ4n) is 1.48. The molecule has 8 heteroatoms. The minimum absolute atomic E-state index is 0.128. The summed E-state index contributed by atoms with van der Waals surface area (Å²) in [4.78, 5) is 4.50. The molecule has 0 saturated heterocycles. The Morgan fingerprint density at radius 1 is 1.45 bits per heavy atom. The zero-order chi connectivity index (χ0) is 15.2. The molecule has 2 unspecified atom stereocenters. The molecule has 1 heterocycles. The largest absolute Gasteiger partial charge is 0.328 e. The molecule has 0 N–H and O–H groups in total. The minimum Gasteiger partial charge on any atom is -0.328 e. The molecule has 0 radical (unpaired) electrons. The highest BCUT2D eigenvalue weighted by Crippen LogP contribution is 2.61. The van der Waals surface area contributed by atoms with Gasteiger partial charge >= 0.3 is 5.69 Å². The molecule has 2 atom stereocenters. The Morgan fingerprint density at radius 2 is 2.15 bits per heavy atom. The molecule has 20 heavy (non-hydrogen) atoms. The van der Waals surface area contributed by atoms with Crippen LogP contribution in [0.3, 0.4) is 0 Å². The molecule has 0 aromatic heterocycles. The lowest BCUT2D eigenvalue weighted by atomic mass is 10.2. The van der Waals surface area contributed by atoms with Gasteiger partial charge in [0.05, 0.1) is 12.3 Å². The summed E-state index contributed by atoms with van der Waals surface area (Å²) in [6.07, 6.45) is 2.00. The molecule has 0 amide bonds. The van der Waals surface area contributed by atoms with Crippen molar-refractivity contribution in [3.63, 3.8) is 0 Å². The number of rotatable bonds is 8. The third-order valence-corrected chi connectivity index (χ3v) is 9.27. The molecule has 0 spiro atoms. The first kappa shape index (κ1) is 18.5. The van der Waals surface area contributed by atoms with Gasteiger partial charge in [-0.15, -0.1) is 0 Å². The Hall–Kier alpha value is 0.450. The summed E-state index contributed by atoms with van der Waals surface area (Å²) in [5, 5.41) is 5.06. The Kier molecular flexibility index (Phi) is 7.57. The Bertz CT molecular complexity index is 442. The van der Waals surface area contributed by atoms with Crippen molar-refractivity contribution in [2.24, 2.45) is 10.1 Å². The first-order valence-electron chi connectivity index (χ1n) is 6.79. The minimum atomic E-state index is -2.37. The number of oxime groups is 1. The quantitative estimate of drug-likeness (QED) is 0.450. The van der Waals surface area contributed by atoms with Crippen molar-refractivity contribution >= 4 is 51.4 Å². The summed E-state index contributed by atoms with van der Waals surface area (Å²) in [5.74, 6) is 0.926. The number of thioether (sulfide) groups is 1. The highest BCUT2D eigenvalue weighted by molar-refractivity contribution is 8.67. The van der Waals surface area contributed by atoms with Gasteiger partial charge in [-0.05, 0) is 45.4 Å². The summed E-state index contributed by atoms with van der Waals surface area (Å²) < 4.78 is 11.2. The van der Waals surface area contributed by atoms with Crippen LogP contribution in [0.2, 0.25) is 0 Å². The van der Waals surface area contributed by atoms with Crippen molar-refractivity contribution in [2.45, 2.75) is 52.3 Å². The van der Waals surface area contributed by atoms with E-state index in [1.165, 1.54) is 0 Å². The van der Waals surface area contributed by atoms with E-state index in [0.717, 1.165) is 29.3 Å². The van der Waals surface area contributed by atoms with Gasteiger partial charge in [0.25, 0.3) is 0 Å². The van der Waals surface area contributed by atoms with Crippen LogP contribution in [-0.2, 0) is 21.0 Å². The lowest BCUT2D eigenvalue weighted by Gasteiger charge is -2.18. The normalized spacial score (nSPS) is 27.4. The van der Waals surface area contributed by atoms with E-state index >= 15 is 0 Å². The van der Waals surface area contributed by atoms with Crippen molar-refractivity contribution < 1.29 is 9.15 Å². The third-order valence-electron chi connectivity index (χ3n) is 2.65. The molecular weight excluding hydrogens is 331 g/mol. The Balaban J connectivity index is 2.75. The fraction of sp³-hybridized carbons (Fsp3) is 0.833. The topological polar surface area (TPSA) is 43.2 Å². The van der Waals surface area contributed by atoms with Gasteiger partial charge < -0.3 is 9.15 Å². The maximum Gasteiger partial charge on any atom is 0.321 e. The summed E-state index contributed by atoms with van der Waals surface area (Å²) in [7, 11) is 0. The molecule has 0 aromatic carbocycles. The zero-order valence-corrected chi connectivity index (χ0v) is 16.1. The molecule has 0 fully saturated rings. The van der Waals surface area contributed by atoms with E-state index in [2.05, 4.69) is 30.9 Å². The van der Waals surface area contributed by atoms with Crippen molar-refractivity contribution in [3.8, 4) is 0 Å². The van der Waals surface area contributed by atoms with E-state index in [4.69, 9.17) is 21.0 Å². The predicted molar refractivity (Wildman–Crippen MR) is 96.6 cm³/mol. The van der Waals surface area contributed by atoms with Gasteiger partial charge in [-0.1, -0.05) is 42.1 Å². The molecule has 0 bridgehead atoms. The van der Waals surface area contributed by atoms with Gasteiger partial charge in [-0.3, -0.25) is 4.99 Å². The second-order valence-corrected chi connectivity index (χ2v) is 12.3. The molecule has 0 saturated carbocycles. The monoisotopic (exact) mass is 354 g/mol. The first-order chi connectivity index (χ1) is 9.38. The van der Waals surface area contributed by atoms with E-state index < -0.39 is 5.69 Å². The summed E-state index contributed by atoms with van der Waals surface area (Å²) in [5.41, 5.74) is -1.46. The van der Waals surface area contributed by atoms with Crippen molar-refractivity contribution in [2.75, 3.05) is 12.4 Å². The molecule has 0 aliphatic carbocycles. The van der Waals surface area contributed by atoms with E-state index in [1.54, 1.807) is 23.1 Å². The highest BCUT2D eigenvalue weighted by Gasteiger charge is 2.33. The maximum atomic E-state index is 5.62. The van der Waals surface area contributed by atoms with Crippen LogP contribution in [0.1, 0.15) is 47.5 Å². The molecule has 1 aliphatic heterocycles. The molecular formula is C12H23N2O2PS3. The average Bonchev–Trinajstić information content (AvgIpc) is 2.70. The van der Waals surface area contributed by atoms with Crippen LogP contribution in [0, 0.1) is 0 Å².